The fraction of sp³-hybridized carbons (Fsp3) is 0.286. The van der Waals surface area contributed by atoms with Gasteiger partial charge < -0.3 is 14.8 Å². The fourth-order valence-corrected chi connectivity index (χ4v) is 4.84. The van der Waals surface area contributed by atoms with E-state index >= 15 is 0 Å². The summed E-state index contributed by atoms with van der Waals surface area (Å²) in [7, 11) is 0. The number of esters is 1. The summed E-state index contributed by atoms with van der Waals surface area (Å²) >= 11 is 0. The van der Waals surface area contributed by atoms with E-state index in [1.54, 1.807) is 36.1 Å². The smallest absolute Gasteiger partial charge is 0.338 e. The van der Waals surface area contributed by atoms with Gasteiger partial charge >= 0.3 is 12.0 Å². The first-order chi connectivity index (χ1) is 17.2. The van der Waals surface area contributed by atoms with Gasteiger partial charge in [-0.15, -0.1) is 0 Å². The molecule has 7 heteroatoms. The summed E-state index contributed by atoms with van der Waals surface area (Å²) in [6, 6.07) is 23.1. The van der Waals surface area contributed by atoms with Gasteiger partial charge in [0.1, 0.15) is 0 Å². The van der Waals surface area contributed by atoms with E-state index < -0.39 is 0 Å². The molecule has 1 saturated heterocycles. The maximum atomic E-state index is 13.6. The van der Waals surface area contributed by atoms with Gasteiger partial charge in [-0.1, -0.05) is 42.5 Å². The molecule has 180 valence electrons. The Labute approximate surface area is 205 Å². The maximum absolute atomic E-state index is 13.6. The Morgan fingerprint density at radius 2 is 1.63 bits per heavy atom. The number of amides is 2. The third-order valence-electron chi connectivity index (χ3n) is 6.50. The van der Waals surface area contributed by atoms with Crippen molar-refractivity contribution in [1.29, 1.82) is 0 Å². The zero-order valence-corrected chi connectivity index (χ0v) is 19.8. The Hall–Kier alpha value is -3.68. The molecule has 5 rings (SSSR count). The molecular formula is C28H29N3O4. The Morgan fingerprint density at radius 1 is 0.943 bits per heavy atom. The summed E-state index contributed by atoms with van der Waals surface area (Å²) in [5.74, 6) is -0.377. The molecule has 3 aromatic carbocycles. The molecule has 0 radical (unpaired) electrons. The van der Waals surface area contributed by atoms with Crippen molar-refractivity contribution in [2.45, 2.75) is 19.5 Å². The molecule has 0 saturated carbocycles. The fourth-order valence-electron chi connectivity index (χ4n) is 4.84. The molecule has 2 aliphatic rings. The van der Waals surface area contributed by atoms with Gasteiger partial charge in [0.05, 0.1) is 43.7 Å². The molecule has 0 spiro atoms. The van der Waals surface area contributed by atoms with E-state index in [4.69, 9.17) is 9.47 Å². The number of anilines is 2. The predicted octanol–water partition coefficient (Wildman–Crippen LogP) is 4.84. The molecule has 0 bridgehead atoms. The van der Waals surface area contributed by atoms with Crippen molar-refractivity contribution in [3.63, 3.8) is 0 Å². The van der Waals surface area contributed by atoms with Crippen LogP contribution < -0.4 is 10.2 Å². The largest absolute Gasteiger partial charge is 0.462 e. The lowest BCUT2D eigenvalue weighted by Crippen LogP contribution is -2.39. The second kappa shape index (κ2) is 10.3. The van der Waals surface area contributed by atoms with Crippen LogP contribution in [0.5, 0.6) is 0 Å². The number of ether oxygens (including phenoxy) is 2. The number of benzene rings is 3. The minimum Gasteiger partial charge on any atom is -0.462 e. The van der Waals surface area contributed by atoms with Crippen LogP contribution in [0.25, 0.3) is 0 Å². The number of nitrogens with zero attached hydrogens (tertiary/aromatic N) is 2. The number of carbonyl (C=O) groups is 2. The monoisotopic (exact) mass is 471 g/mol. The molecule has 2 amide bonds. The highest BCUT2D eigenvalue weighted by Gasteiger charge is 2.33. The van der Waals surface area contributed by atoms with Crippen LogP contribution in [0.3, 0.4) is 0 Å². The van der Waals surface area contributed by atoms with Crippen molar-refractivity contribution in [1.82, 2.24) is 4.90 Å². The molecule has 1 atom stereocenters. The van der Waals surface area contributed by atoms with Crippen molar-refractivity contribution < 1.29 is 19.1 Å². The summed E-state index contributed by atoms with van der Waals surface area (Å²) in [5, 5.41) is 3.00. The van der Waals surface area contributed by atoms with E-state index in [1.807, 2.05) is 24.3 Å². The van der Waals surface area contributed by atoms with Crippen LogP contribution in [0, 0.1) is 0 Å². The number of morpholine rings is 1. The van der Waals surface area contributed by atoms with Crippen molar-refractivity contribution in [2.75, 3.05) is 43.1 Å². The number of rotatable bonds is 4. The predicted molar refractivity (Wildman–Crippen MR) is 135 cm³/mol. The minimum atomic E-state index is -0.377. The average molecular weight is 472 g/mol. The van der Waals surface area contributed by atoms with E-state index in [2.05, 4.69) is 34.5 Å². The Bertz CT molecular complexity index is 1200. The number of hydrogen-bond donors (Lipinski definition) is 1. The van der Waals surface area contributed by atoms with Crippen molar-refractivity contribution in [3.05, 3.63) is 95.1 Å². The maximum Gasteiger partial charge on any atom is 0.338 e. The zero-order chi connectivity index (χ0) is 24.2. The Morgan fingerprint density at radius 3 is 2.37 bits per heavy atom. The highest BCUT2D eigenvalue weighted by Crippen LogP contribution is 2.41. The molecule has 35 heavy (non-hydrogen) atoms. The second-order valence-electron chi connectivity index (χ2n) is 8.62. The first-order valence-electron chi connectivity index (χ1n) is 12.0. The van der Waals surface area contributed by atoms with E-state index in [-0.39, 0.29) is 18.0 Å². The molecule has 2 heterocycles. The first-order valence-corrected chi connectivity index (χ1v) is 12.0. The first kappa shape index (κ1) is 23.1. The summed E-state index contributed by atoms with van der Waals surface area (Å²) in [6.07, 6.45) is 0. The van der Waals surface area contributed by atoms with Gasteiger partial charge in [-0.25, -0.2) is 9.59 Å². The van der Waals surface area contributed by atoms with Crippen LogP contribution in [0.15, 0.2) is 72.8 Å². The van der Waals surface area contributed by atoms with Gasteiger partial charge in [0, 0.05) is 18.8 Å². The van der Waals surface area contributed by atoms with E-state index in [1.165, 1.54) is 5.56 Å². The van der Waals surface area contributed by atoms with Gasteiger partial charge in [0.15, 0.2) is 0 Å². The zero-order valence-electron chi connectivity index (χ0n) is 19.8. The van der Waals surface area contributed by atoms with Gasteiger partial charge in [-0.2, -0.15) is 0 Å². The van der Waals surface area contributed by atoms with Crippen LogP contribution in [-0.4, -0.2) is 49.8 Å². The van der Waals surface area contributed by atoms with Gasteiger partial charge in [0.2, 0.25) is 0 Å². The standard InChI is InChI=1S/C28H29N3O4/c1-2-35-27(32)20-11-13-22(14-12-20)29-28(33)31-19-21-7-3-4-8-23(21)26(30-15-17-34-18-16-30)24-9-5-6-10-25(24)31/h3-14,26H,2,15-19H2,1H3,(H,29,33)/t26-/m0/s1. The third-order valence-corrected chi connectivity index (χ3v) is 6.50. The second-order valence-corrected chi connectivity index (χ2v) is 8.62. The van der Waals surface area contributed by atoms with Crippen molar-refractivity contribution in [3.8, 4) is 0 Å². The number of fused-ring (bicyclic) bond motifs is 2. The van der Waals surface area contributed by atoms with Crippen LogP contribution >= 0.6 is 0 Å². The topological polar surface area (TPSA) is 71.1 Å². The molecule has 0 aliphatic carbocycles. The third kappa shape index (κ3) is 4.78. The number of nitrogens with one attached hydrogen (secondary N) is 1. The Kier molecular flexibility index (Phi) is 6.79. The highest BCUT2D eigenvalue weighted by molar-refractivity contribution is 6.02. The van der Waals surface area contributed by atoms with Crippen LogP contribution in [-0.2, 0) is 16.0 Å². The summed E-state index contributed by atoms with van der Waals surface area (Å²) in [4.78, 5) is 29.8. The number of carbonyl (C=O) groups excluding carboxylic acids is 2. The average Bonchev–Trinajstić information content (AvgIpc) is 3.04. The molecule has 0 unspecified atom stereocenters. The molecule has 2 aliphatic heterocycles. The van der Waals surface area contributed by atoms with Crippen molar-refractivity contribution >= 4 is 23.4 Å². The van der Waals surface area contributed by atoms with Gasteiger partial charge in [-0.05, 0) is 53.9 Å². The van der Waals surface area contributed by atoms with Crippen molar-refractivity contribution in [2.24, 2.45) is 0 Å². The minimum absolute atomic E-state index is 0.0490. The quantitative estimate of drug-likeness (QED) is 0.552. The lowest BCUT2D eigenvalue weighted by atomic mass is 9.93. The SMILES string of the molecule is CCOC(=O)c1ccc(NC(=O)N2Cc3ccccc3[C@H](N3CCOCC3)c3ccccc32)cc1. The highest BCUT2D eigenvalue weighted by atomic mass is 16.5. The van der Waals surface area contributed by atoms with Crippen LogP contribution in [0.1, 0.15) is 40.0 Å². The van der Waals surface area contributed by atoms with E-state index in [0.29, 0.717) is 37.6 Å². The molecule has 7 nitrogen and oxygen atoms in total. The number of urea groups is 1. The van der Waals surface area contributed by atoms with Crippen LogP contribution in [0.4, 0.5) is 16.2 Å². The van der Waals surface area contributed by atoms with Gasteiger partial charge in [0.25, 0.3) is 0 Å². The molecule has 1 fully saturated rings. The van der Waals surface area contributed by atoms with E-state index in [0.717, 1.165) is 29.9 Å². The van der Waals surface area contributed by atoms with E-state index in [9.17, 15) is 9.59 Å². The molecular weight excluding hydrogens is 442 g/mol. The molecule has 0 aromatic heterocycles. The normalized spacial score (nSPS) is 17.6. The number of hydrogen-bond acceptors (Lipinski definition) is 5. The van der Waals surface area contributed by atoms with Crippen LogP contribution in [0.2, 0.25) is 0 Å². The Balaban J connectivity index is 1.47. The van der Waals surface area contributed by atoms with Gasteiger partial charge in [-0.3, -0.25) is 9.80 Å². The summed E-state index contributed by atoms with van der Waals surface area (Å²) < 4.78 is 10.7. The summed E-state index contributed by atoms with van der Waals surface area (Å²) in [6.45, 7) is 5.63. The molecule has 3 aromatic rings. The molecule has 1 N–H and O–H groups in total. The lowest BCUT2D eigenvalue weighted by Gasteiger charge is -2.36. The lowest BCUT2D eigenvalue weighted by molar-refractivity contribution is 0.0240. The summed E-state index contributed by atoms with van der Waals surface area (Å²) in [5.41, 5.74) is 5.40. The number of para-hydroxylation sites is 1.